The summed E-state index contributed by atoms with van der Waals surface area (Å²) in [5.41, 5.74) is 8.51. The molecule has 2 heteroatoms. The molecule has 0 saturated heterocycles. The van der Waals surface area contributed by atoms with Crippen molar-refractivity contribution in [3.63, 3.8) is 0 Å². The van der Waals surface area contributed by atoms with Crippen molar-refractivity contribution in [3.8, 4) is 0 Å². The molecule has 6 aromatic rings. The number of benzene rings is 4. The molecule has 0 N–H and O–H groups in total. The van der Waals surface area contributed by atoms with Gasteiger partial charge in [0.25, 0.3) is 0 Å². The summed E-state index contributed by atoms with van der Waals surface area (Å²) in [6.45, 7) is 6.45. The Bertz CT molecular complexity index is 1610. The molecule has 2 aromatic heterocycles. The van der Waals surface area contributed by atoms with E-state index in [-0.39, 0.29) is 0 Å². The molecule has 0 atom stereocenters. The van der Waals surface area contributed by atoms with Crippen molar-refractivity contribution in [2.45, 2.75) is 26.9 Å². The van der Waals surface area contributed by atoms with Gasteiger partial charge < -0.3 is 0 Å². The molecule has 4 heterocycles. The smallest absolute Gasteiger partial charge is 0.193 e. The average molecular weight is 413 g/mol. The second kappa shape index (κ2) is 6.37. The average Bonchev–Trinajstić information content (AvgIpc) is 3.42. The van der Waals surface area contributed by atoms with E-state index >= 15 is 0 Å². The van der Waals surface area contributed by atoms with Gasteiger partial charge in [-0.25, -0.2) is 0 Å². The van der Waals surface area contributed by atoms with Crippen LogP contribution in [0.4, 0.5) is 0 Å². The predicted octanol–water partition coefficient (Wildman–Crippen LogP) is 5.90. The maximum absolute atomic E-state index is 2.42. The highest BCUT2D eigenvalue weighted by atomic mass is 15.0. The maximum Gasteiger partial charge on any atom is 0.221 e. The van der Waals surface area contributed by atoms with Crippen LogP contribution in [0.2, 0.25) is 0 Å². The van der Waals surface area contributed by atoms with E-state index in [1.165, 1.54) is 65.7 Å². The van der Waals surface area contributed by atoms with Gasteiger partial charge in [0.2, 0.25) is 11.0 Å². The molecular formula is C30H24N2+2. The fourth-order valence-corrected chi connectivity index (χ4v) is 5.72. The maximum atomic E-state index is 2.42. The van der Waals surface area contributed by atoms with E-state index in [9.17, 15) is 0 Å². The first kappa shape index (κ1) is 17.9. The van der Waals surface area contributed by atoms with Crippen LogP contribution in [0.3, 0.4) is 0 Å². The Hall–Kier alpha value is -3.78. The highest BCUT2D eigenvalue weighted by Crippen LogP contribution is 2.32. The molecule has 0 saturated carbocycles. The number of nitrogens with zero attached hydrogens (tertiary/aromatic N) is 2. The van der Waals surface area contributed by atoms with Gasteiger partial charge in [0.15, 0.2) is 25.0 Å². The Balaban J connectivity index is 0.000000113. The Morgan fingerprint density at radius 3 is 2.16 bits per heavy atom. The van der Waals surface area contributed by atoms with Gasteiger partial charge in [-0.1, -0.05) is 42.5 Å². The molecule has 0 spiro atoms. The molecular weight excluding hydrogens is 388 g/mol. The summed E-state index contributed by atoms with van der Waals surface area (Å²) in [5, 5.41) is 8.33. The van der Waals surface area contributed by atoms with Crippen molar-refractivity contribution < 1.29 is 9.13 Å². The Morgan fingerprint density at radius 2 is 1.28 bits per heavy atom. The lowest BCUT2D eigenvalue weighted by Gasteiger charge is -2.00. The third-order valence-corrected chi connectivity index (χ3v) is 7.35. The van der Waals surface area contributed by atoms with Crippen molar-refractivity contribution >= 4 is 43.4 Å². The minimum Gasteiger partial charge on any atom is -0.193 e. The Labute approximate surface area is 187 Å². The largest absolute Gasteiger partial charge is 0.221 e. The van der Waals surface area contributed by atoms with E-state index in [1.807, 2.05) is 0 Å². The third-order valence-electron chi connectivity index (χ3n) is 7.35. The molecule has 2 aliphatic rings. The molecule has 2 nitrogen and oxygen atoms in total. The third kappa shape index (κ3) is 2.35. The second-order valence-electron chi connectivity index (χ2n) is 9.18. The quantitative estimate of drug-likeness (QED) is 0.216. The summed E-state index contributed by atoms with van der Waals surface area (Å²) in [7, 11) is 0. The fraction of sp³-hybridized carbons (Fsp3) is 0.133. The summed E-state index contributed by atoms with van der Waals surface area (Å²) in [4.78, 5) is 0. The minimum absolute atomic E-state index is 1.03. The lowest BCUT2D eigenvalue weighted by atomic mass is 10.00. The number of rotatable bonds is 0. The van der Waals surface area contributed by atoms with Crippen molar-refractivity contribution in [2.24, 2.45) is 0 Å². The van der Waals surface area contributed by atoms with Crippen molar-refractivity contribution in [1.29, 1.82) is 0 Å². The van der Waals surface area contributed by atoms with E-state index in [0.29, 0.717) is 0 Å². The molecule has 0 unspecified atom stereocenters. The summed E-state index contributed by atoms with van der Waals surface area (Å²) >= 11 is 0. The number of aromatic nitrogens is 2. The van der Waals surface area contributed by atoms with Crippen LogP contribution in [0.1, 0.15) is 22.4 Å². The van der Waals surface area contributed by atoms with Crippen LogP contribution in [0.25, 0.3) is 43.4 Å². The number of pyridine rings is 2. The molecule has 0 amide bonds. The highest BCUT2D eigenvalue weighted by molar-refractivity contribution is 6.07. The van der Waals surface area contributed by atoms with E-state index in [2.05, 4.69) is 108 Å². The first-order chi connectivity index (χ1) is 15.7. The van der Waals surface area contributed by atoms with Gasteiger partial charge >= 0.3 is 0 Å². The minimum atomic E-state index is 1.03. The zero-order valence-corrected chi connectivity index (χ0v) is 18.4. The molecule has 8 rings (SSSR count). The summed E-state index contributed by atoms with van der Waals surface area (Å²) in [6, 6.07) is 28.7. The van der Waals surface area contributed by atoms with Gasteiger partial charge in [-0.15, -0.1) is 0 Å². The van der Waals surface area contributed by atoms with E-state index in [4.69, 9.17) is 0 Å². The normalized spacial score (nSPS) is 13.1. The van der Waals surface area contributed by atoms with Gasteiger partial charge in [0.1, 0.15) is 0 Å². The summed E-state index contributed by atoms with van der Waals surface area (Å²) in [6.07, 6.45) is 2.18. The zero-order valence-electron chi connectivity index (χ0n) is 18.4. The van der Waals surface area contributed by atoms with Crippen LogP contribution in [0.5, 0.6) is 0 Å². The molecule has 0 aliphatic carbocycles. The summed E-state index contributed by atoms with van der Waals surface area (Å²) < 4.78 is 4.78. The number of hydrogen-bond acceptors (Lipinski definition) is 0. The van der Waals surface area contributed by atoms with E-state index in [0.717, 1.165) is 13.1 Å². The first-order valence-corrected chi connectivity index (χ1v) is 11.4. The predicted molar refractivity (Wildman–Crippen MR) is 131 cm³/mol. The highest BCUT2D eigenvalue weighted by Gasteiger charge is 2.26. The van der Waals surface area contributed by atoms with Crippen LogP contribution in [0, 0.1) is 13.8 Å². The number of hydrogen-bond donors (Lipinski definition) is 0. The van der Waals surface area contributed by atoms with Crippen molar-refractivity contribution in [3.05, 3.63) is 107 Å². The van der Waals surface area contributed by atoms with Crippen molar-refractivity contribution in [1.82, 2.24) is 0 Å². The second-order valence-corrected chi connectivity index (χ2v) is 9.18. The van der Waals surface area contributed by atoms with E-state index in [1.54, 1.807) is 0 Å². The van der Waals surface area contributed by atoms with Gasteiger partial charge in [0, 0.05) is 41.0 Å². The van der Waals surface area contributed by atoms with Crippen molar-refractivity contribution in [2.75, 3.05) is 0 Å². The Kier molecular flexibility index (Phi) is 3.55. The van der Waals surface area contributed by atoms with Gasteiger partial charge in [-0.3, -0.25) is 0 Å². The monoisotopic (exact) mass is 412 g/mol. The van der Waals surface area contributed by atoms with E-state index < -0.39 is 0 Å². The topological polar surface area (TPSA) is 7.76 Å². The van der Waals surface area contributed by atoms with Gasteiger partial charge in [-0.05, 0) is 47.5 Å². The molecule has 0 fully saturated rings. The lowest BCUT2D eigenvalue weighted by Crippen LogP contribution is -2.35. The SMILES string of the molecule is Cc1ccc2ccc3ccc[n+]4c3c2c1C4.Cc1ccc2ccc3cccc4c3c2[n+]1C4. The van der Waals surface area contributed by atoms with Gasteiger partial charge in [0.05, 0.1) is 10.8 Å². The van der Waals surface area contributed by atoms with Gasteiger partial charge in [-0.2, -0.15) is 9.13 Å². The molecule has 4 aromatic carbocycles. The standard InChI is InChI=1S/2C15H12N/c1-10-4-5-11-6-7-12-3-2-8-16-9-13(10)14(11)15(12)16;1-10-5-6-12-8-7-11-3-2-4-13-9-16(10)15(12)14(11)13/h2*2-8H,9H2,1H3/q2*+1. The van der Waals surface area contributed by atoms with Crippen LogP contribution in [-0.2, 0) is 13.1 Å². The van der Waals surface area contributed by atoms with Crippen LogP contribution in [-0.4, -0.2) is 0 Å². The summed E-state index contributed by atoms with van der Waals surface area (Å²) in [5.74, 6) is 0. The molecule has 0 radical (unpaired) electrons. The Morgan fingerprint density at radius 1 is 0.594 bits per heavy atom. The first-order valence-electron chi connectivity index (χ1n) is 11.4. The number of aryl methyl sites for hydroxylation is 2. The molecule has 2 aliphatic heterocycles. The van der Waals surface area contributed by atoms with Crippen LogP contribution >= 0.6 is 0 Å². The molecule has 152 valence electrons. The molecule has 0 bridgehead atoms. The molecule has 32 heavy (non-hydrogen) atoms. The van der Waals surface area contributed by atoms with Crippen LogP contribution < -0.4 is 9.13 Å². The fourth-order valence-electron chi connectivity index (χ4n) is 5.72. The van der Waals surface area contributed by atoms with Crippen LogP contribution in [0.15, 0.2) is 85.1 Å². The zero-order chi connectivity index (χ0) is 21.4. The lowest BCUT2D eigenvalue weighted by molar-refractivity contribution is -0.664.